The number of carbonyl (C=O) groups excluding carboxylic acids is 3. The number of carbonyl (C=O) groups is 3. The number of amides is 3. The van der Waals surface area contributed by atoms with Gasteiger partial charge in [0.2, 0.25) is 17.4 Å². The van der Waals surface area contributed by atoms with Crippen LogP contribution in [0.4, 0.5) is 14.5 Å². The minimum Gasteiger partial charge on any atom is -0.473 e. The van der Waals surface area contributed by atoms with Crippen molar-refractivity contribution in [2.75, 3.05) is 32.1 Å². The number of anilines is 1. The zero-order valence-electron chi connectivity index (χ0n) is 17.4. The van der Waals surface area contributed by atoms with Gasteiger partial charge in [0.25, 0.3) is 5.91 Å². The minimum absolute atomic E-state index is 0.0661. The van der Waals surface area contributed by atoms with E-state index in [0.29, 0.717) is 12.7 Å². The van der Waals surface area contributed by atoms with Gasteiger partial charge in [-0.2, -0.15) is 0 Å². The molecular weight excluding hydrogens is 414 g/mol. The fraction of sp³-hybridized carbons (Fsp3) is 0.550. The molecule has 1 spiro atoms. The second-order valence-electron chi connectivity index (χ2n) is 7.67. The van der Waals surface area contributed by atoms with Crippen LogP contribution in [0.5, 0.6) is 5.75 Å². The lowest BCUT2D eigenvalue weighted by Gasteiger charge is -2.34. The SMILES string of the molecule is CCCCOC[C@H](NC)C(=O)N1C[C@@]2(C[C@H]1C(N)=O)Oc1cc(F)cc(F)c1NC2=O. The maximum absolute atomic E-state index is 14.0. The Kier molecular flexibility index (Phi) is 6.75. The van der Waals surface area contributed by atoms with Crippen molar-refractivity contribution < 1.29 is 32.6 Å². The number of hydrogen-bond acceptors (Lipinski definition) is 6. The highest BCUT2D eigenvalue weighted by Crippen LogP contribution is 2.41. The molecule has 0 aromatic heterocycles. The molecule has 1 fully saturated rings. The molecule has 1 aromatic carbocycles. The zero-order valence-corrected chi connectivity index (χ0v) is 17.4. The average molecular weight is 440 g/mol. The summed E-state index contributed by atoms with van der Waals surface area (Å²) < 4.78 is 38.9. The van der Waals surface area contributed by atoms with E-state index < -0.39 is 47.0 Å². The number of unbranched alkanes of at least 4 members (excludes halogenated alkanes) is 1. The van der Waals surface area contributed by atoms with Crippen molar-refractivity contribution in [2.45, 2.75) is 43.9 Å². The molecular formula is C20H26F2N4O5. The third kappa shape index (κ3) is 4.47. The first-order valence-corrected chi connectivity index (χ1v) is 10.1. The molecule has 0 bridgehead atoms. The lowest BCUT2D eigenvalue weighted by molar-refractivity contribution is -0.141. The predicted octanol–water partition coefficient (Wildman–Crippen LogP) is 0.525. The van der Waals surface area contributed by atoms with Gasteiger partial charge in [0.15, 0.2) is 11.6 Å². The molecule has 3 amide bonds. The lowest BCUT2D eigenvalue weighted by atomic mass is 9.96. The van der Waals surface area contributed by atoms with Gasteiger partial charge in [0.05, 0.1) is 13.2 Å². The molecule has 3 atom stereocenters. The Morgan fingerprint density at radius 3 is 2.84 bits per heavy atom. The topological polar surface area (TPSA) is 123 Å². The van der Waals surface area contributed by atoms with Crippen molar-refractivity contribution in [2.24, 2.45) is 5.73 Å². The average Bonchev–Trinajstić information content (AvgIpc) is 3.10. The Morgan fingerprint density at radius 2 is 2.19 bits per heavy atom. The standard InChI is InChI=1S/C20H26F2N4O5/c1-3-4-5-30-9-13(24-2)18(28)26-10-20(8-14(26)17(23)27)19(29)25-16-12(22)6-11(21)7-15(16)31-20/h6-7,13-14,24H,3-5,8-10H2,1-2H3,(H2,23,27)(H,25,29)/t13-,14-,20+/m0/s1. The van der Waals surface area contributed by atoms with E-state index in [0.717, 1.165) is 23.8 Å². The number of rotatable bonds is 8. The summed E-state index contributed by atoms with van der Waals surface area (Å²) >= 11 is 0. The summed E-state index contributed by atoms with van der Waals surface area (Å²) in [5, 5.41) is 5.20. The Bertz CT molecular complexity index is 883. The summed E-state index contributed by atoms with van der Waals surface area (Å²) in [7, 11) is 1.57. The number of fused-ring (bicyclic) bond motifs is 1. The molecule has 3 rings (SSSR count). The molecule has 0 saturated carbocycles. The van der Waals surface area contributed by atoms with Crippen LogP contribution in [0.1, 0.15) is 26.2 Å². The predicted molar refractivity (Wildman–Crippen MR) is 106 cm³/mol. The Morgan fingerprint density at radius 1 is 1.45 bits per heavy atom. The molecule has 2 heterocycles. The van der Waals surface area contributed by atoms with E-state index in [-0.39, 0.29) is 31.0 Å². The second kappa shape index (κ2) is 9.15. The highest BCUT2D eigenvalue weighted by atomic mass is 19.1. The summed E-state index contributed by atoms with van der Waals surface area (Å²) in [4.78, 5) is 39.2. The highest BCUT2D eigenvalue weighted by Gasteiger charge is 2.57. The number of likely N-dealkylation sites (N-methyl/N-ethyl adjacent to an activating group) is 1. The van der Waals surface area contributed by atoms with E-state index >= 15 is 0 Å². The Labute approximate surface area is 178 Å². The van der Waals surface area contributed by atoms with Crippen LogP contribution < -0.4 is 21.1 Å². The van der Waals surface area contributed by atoms with Crippen LogP contribution in [0, 0.1) is 11.6 Å². The first-order chi connectivity index (χ1) is 14.7. The normalized spacial score (nSPS) is 23.3. The molecule has 31 heavy (non-hydrogen) atoms. The monoisotopic (exact) mass is 440 g/mol. The number of nitrogens with one attached hydrogen (secondary N) is 2. The van der Waals surface area contributed by atoms with Crippen LogP contribution in [0.2, 0.25) is 0 Å². The van der Waals surface area contributed by atoms with Crippen LogP contribution in [0.25, 0.3) is 0 Å². The fourth-order valence-corrected chi connectivity index (χ4v) is 3.76. The molecule has 0 aliphatic carbocycles. The van der Waals surface area contributed by atoms with Crippen molar-refractivity contribution >= 4 is 23.4 Å². The molecule has 1 saturated heterocycles. The fourth-order valence-electron chi connectivity index (χ4n) is 3.76. The van der Waals surface area contributed by atoms with Crippen LogP contribution in [-0.4, -0.2) is 67.1 Å². The van der Waals surface area contributed by atoms with Crippen molar-refractivity contribution in [1.29, 1.82) is 0 Å². The van der Waals surface area contributed by atoms with Gasteiger partial charge in [0.1, 0.15) is 23.6 Å². The summed E-state index contributed by atoms with van der Waals surface area (Å²) in [6.45, 7) is 2.24. The third-order valence-corrected chi connectivity index (χ3v) is 5.49. The zero-order chi connectivity index (χ0) is 22.8. The number of likely N-dealkylation sites (tertiary alicyclic amines) is 1. The Balaban J connectivity index is 1.84. The number of benzene rings is 1. The van der Waals surface area contributed by atoms with Crippen molar-refractivity contribution in [1.82, 2.24) is 10.2 Å². The van der Waals surface area contributed by atoms with E-state index in [1.165, 1.54) is 0 Å². The first-order valence-electron chi connectivity index (χ1n) is 10.1. The number of halogens is 2. The molecule has 1 aromatic rings. The molecule has 11 heteroatoms. The van der Waals surface area contributed by atoms with Gasteiger partial charge in [-0.25, -0.2) is 8.78 Å². The first kappa shape index (κ1) is 22.9. The van der Waals surface area contributed by atoms with Crippen molar-refractivity contribution in [3.63, 3.8) is 0 Å². The quantitative estimate of drug-likeness (QED) is 0.507. The summed E-state index contributed by atoms with van der Waals surface area (Å²) in [6.07, 6.45) is 1.53. The van der Waals surface area contributed by atoms with E-state index in [1.807, 2.05) is 6.92 Å². The van der Waals surface area contributed by atoms with Crippen molar-refractivity contribution in [3.8, 4) is 5.75 Å². The van der Waals surface area contributed by atoms with Crippen LogP contribution in [0.15, 0.2) is 12.1 Å². The van der Waals surface area contributed by atoms with Gasteiger partial charge in [-0.15, -0.1) is 0 Å². The maximum Gasteiger partial charge on any atom is 0.270 e. The number of ether oxygens (including phenoxy) is 2. The van der Waals surface area contributed by atoms with E-state index in [9.17, 15) is 23.2 Å². The number of primary amides is 1. The molecule has 0 unspecified atom stereocenters. The van der Waals surface area contributed by atoms with Crippen LogP contribution in [0.3, 0.4) is 0 Å². The summed E-state index contributed by atoms with van der Waals surface area (Å²) in [5.41, 5.74) is 3.49. The molecule has 2 aliphatic heterocycles. The van der Waals surface area contributed by atoms with E-state index in [4.69, 9.17) is 15.2 Å². The van der Waals surface area contributed by atoms with Gasteiger partial charge in [-0.1, -0.05) is 13.3 Å². The second-order valence-corrected chi connectivity index (χ2v) is 7.67. The number of hydrogen-bond donors (Lipinski definition) is 3. The smallest absolute Gasteiger partial charge is 0.270 e. The summed E-state index contributed by atoms with van der Waals surface area (Å²) in [6, 6.07) is -0.360. The van der Waals surface area contributed by atoms with Gasteiger partial charge in [-0.3, -0.25) is 14.4 Å². The molecule has 170 valence electrons. The van der Waals surface area contributed by atoms with E-state index in [2.05, 4.69) is 10.6 Å². The molecule has 2 aliphatic rings. The van der Waals surface area contributed by atoms with Gasteiger partial charge in [0, 0.05) is 25.2 Å². The molecule has 0 radical (unpaired) electrons. The summed E-state index contributed by atoms with van der Waals surface area (Å²) in [5.74, 6) is -4.16. The molecule has 4 N–H and O–H groups in total. The van der Waals surface area contributed by atoms with Crippen LogP contribution >= 0.6 is 0 Å². The number of nitrogens with zero attached hydrogens (tertiary/aromatic N) is 1. The van der Waals surface area contributed by atoms with Crippen LogP contribution in [-0.2, 0) is 19.1 Å². The van der Waals surface area contributed by atoms with Gasteiger partial charge < -0.3 is 30.7 Å². The van der Waals surface area contributed by atoms with Gasteiger partial charge >= 0.3 is 0 Å². The van der Waals surface area contributed by atoms with Gasteiger partial charge in [-0.05, 0) is 13.5 Å². The maximum atomic E-state index is 14.0. The minimum atomic E-state index is -1.70. The van der Waals surface area contributed by atoms with Crippen molar-refractivity contribution in [3.05, 3.63) is 23.8 Å². The largest absolute Gasteiger partial charge is 0.473 e. The molecule has 9 nitrogen and oxygen atoms in total. The highest BCUT2D eigenvalue weighted by molar-refractivity contribution is 6.03. The third-order valence-electron chi connectivity index (χ3n) is 5.49. The van der Waals surface area contributed by atoms with E-state index in [1.54, 1.807) is 7.05 Å². The lowest BCUT2D eigenvalue weighted by Crippen LogP contribution is -2.55. The Hall–Kier alpha value is -2.79. The number of nitrogens with two attached hydrogens (primary N) is 1.